The number of amidine groups is 1. The molecule has 2 aliphatic rings. The van der Waals surface area contributed by atoms with Crippen molar-refractivity contribution in [2.75, 3.05) is 19.0 Å². The van der Waals surface area contributed by atoms with E-state index in [0.717, 1.165) is 56.1 Å². The molecule has 11 heteroatoms. The van der Waals surface area contributed by atoms with Crippen LogP contribution in [0.1, 0.15) is 81.4 Å². The number of nitrogens with zero attached hydrogens (tertiary/aromatic N) is 3. The van der Waals surface area contributed by atoms with E-state index >= 15 is 0 Å². The number of anilines is 2. The van der Waals surface area contributed by atoms with Gasteiger partial charge in [0.1, 0.15) is 6.29 Å². The van der Waals surface area contributed by atoms with E-state index in [2.05, 4.69) is 29.7 Å². The maximum absolute atomic E-state index is 12.2. The second kappa shape index (κ2) is 22.3. The number of H-pyrrole nitrogens is 1. The minimum atomic E-state index is -0.477. The topological polar surface area (TPSA) is 160 Å². The molecular weight excluding hydrogens is 594 g/mol. The number of methoxy groups -OCH3 is 1. The molecule has 2 fully saturated rings. The Hall–Kier alpha value is -5.29. The van der Waals surface area contributed by atoms with Crippen molar-refractivity contribution in [3.05, 3.63) is 105 Å². The van der Waals surface area contributed by atoms with Crippen LogP contribution in [0.15, 0.2) is 65.5 Å². The van der Waals surface area contributed by atoms with Gasteiger partial charge in [0.05, 0.1) is 25.2 Å². The summed E-state index contributed by atoms with van der Waals surface area (Å²) in [6.45, 7) is 13.3. The fourth-order valence-corrected chi connectivity index (χ4v) is 5.19. The van der Waals surface area contributed by atoms with Crippen molar-refractivity contribution >= 4 is 35.4 Å². The van der Waals surface area contributed by atoms with E-state index in [0.29, 0.717) is 24.0 Å². The second-order valence-corrected chi connectivity index (χ2v) is 11.2. The van der Waals surface area contributed by atoms with E-state index in [1.807, 2.05) is 60.7 Å². The van der Waals surface area contributed by atoms with Crippen LogP contribution in [-0.2, 0) is 20.7 Å². The molecule has 2 aromatic carbocycles. The lowest BCUT2D eigenvalue weighted by atomic mass is 9.86. The Bertz CT molecular complexity index is 1520. The van der Waals surface area contributed by atoms with Crippen LogP contribution in [0.4, 0.5) is 17.3 Å². The minimum absolute atomic E-state index is 0.144. The van der Waals surface area contributed by atoms with Gasteiger partial charge in [0.2, 0.25) is 5.95 Å². The van der Waals surface area contributed by atoms with Crippen molar-refractivity contribution in [1.29, 1.82) is 5.41 Å². The summed E-state index contributed by atoms with van der Waals surface area (Å²) in [7, 11) is 1.26. The smallest absolute Gasteiger partial charge is 0.386 e. The number of nitrogens with two attached hydrogens (primary N) is 1. The molecule has 2 aliphatic carbocycles. The van der Waals surface area contributed by atoms with Gasteiger partial charge in [-0.1, -0.05) is 87.1 Å². The molecule has 0 bridgehead atoms. The number of esters is 1. The Kier molecular flexibility index (Phi) is 17.9. The monoisotopic (exact) mass is 639 g/mol. The average Bonchev–Trinajstić information content (AvgIpc) is 3.10. The van der Waals surface area contributed by atoms with Crippen molar-refractivity contribution in [1.82, 2.24) is 9.97 Å². The molecule has 0 spiro atoms. The van der Waals surface area contributed by atoms with Crippen molar-refractivity contribution in [3.63, 3.8) is 0 Å². The fraction of sp³-hybridized carbons (Fsp3) is 0.417. The Balaban J connectivity index is 0.000000254. The predicted molar refractivity (Wildman–Crippen MR) is 185 cm³/mol. The molecule has 0 atom stereocenters. The lowest BCUT2D eigenvalue weighted by Gasteiger charge is -2.22. The van der Waals surface area contributed by atoms with Gasteiger partial charge >= 0.3 is 12.5 Å². The Labute approximate surface area is 277 Å². The Morgan fingerprint density at radius 3 is 2.04 bits per heavy atom. The number of carbonyl (C=O) groups excluding carboxylic acids is 2. The first-order valence-electron chi connectivity index (χ1n) is 15.9. The first kappa shape index (κ1) is 37.9. The van der Waals surface area contributed by atoms with E-state index in [9.17, 15) is 14.4 Å². The molecule has 0 amide bonds. The zero-order chi connectivity index (χ0) is 34.3. The minimum Gasteiger partial charge on any atom is -0.464 e. The predicted octanol–water partition coefficient (Wildman–Crippen LogP) is 7.12. The summed E-state index contributed by atoms with van der Waals surface area (Å²) >= 11 is 0. The number of nitrogens with one attached hydrogen (secondary N) is 3. The summed E-state index contributed by atoms with van der Waals surface area (Å²) in [6.07, 6.45) is 13.3. The number of ether oxygens (including phenoxy) is 1. The van der Waals surface area contributed by atoms with Gasteiger partial charge in [0.25, 0.3) is 11.2 Å². The highest BCUT2D eigenvalue weighted by atomic mass is 16.5. The zero-order valence-corrected chi connectivity index (χ0v) is 27.0. The third-order valence-corrected chi connectivity index (χ3v) is 7.58. The molecule has 0 radical (unpaired) electrons. The molecular formula is C36H45N7O4. The highest BCUT2D eigenvalue weighted by Crippen LogP contribution is 2.35. The van der Waals surface area contributed by atoms with Gasteiger partial charge in [-0.05, 0) is 49.3 Å². The number of carbonyl (C=O) groups is 2. The van der Waals surface area contributed by atoms with Crippen LogP contribution >= 0.6 is 0 Å². The summed E-state index contributed by atoms with van der Waals surface area (Å²) in [4.78, 5) is 45.7. The third kappa shape index (κ3) is 15.0. The van der Waals surface area contributed by atoms with Gasteiger partial charge in [-0.2, -0.15) is 0 Å². The van der Waals surface area contributed by atoms with Crippen LogP contribution in [0, 0.1) is 24.5 Å². The zero-order valence-electron chi connectivity index (χ0n) is 27.0. The SMILES string of the molecule is N=C(N)Cc1ccccc1.O=CC1CCCCC1.[C-]#[N+]CC(=O)OC.[C-]#[N+]c1c(C2CCCCC2)nc(Nc2ccccc2)[nH]c1=O. The first-order valence-corrected chi connectivity index (χ1v) is 15.9. The number of aromatic amines is 1. The Morgan fingerprint density at radius 2 is 1.57 bits per heavy atom. The van der Waals surface area contributed by atoms with Crippen LogP contribution in [0.5, 0.6) is 0 Å². The molecule has 3 aromatic rings. The summed E-state index contributed by atoms with van der Waals surface area (Å²) in [5, 5.41) is 10.1. The number of benzene rings is 2. The fourth-order valence-electron chi connectivity index (χ4n) is 5.19. The van der Waals surface area contributed by atoms with Gasteiger partial charge in [0.15, 0.2) is 0 Å². The first-order chi connectivity index (χ1) is 22.8. The highest BCUT2D eigenvalue weighted by Gasteiger charge is 2.23. The number of rotatable bonds is 7. The number of aromatic nitrogens is 2. The average molecular weight is 640 g/mol. The summed E-state index contributed by atoms with van der Waals surface area (Å²) in [6, 6.07) is 19.3. The van der Waals surface area contributed by atoms with Crippen molar-refractivity contribution in [3.8, 4) is 0 Å². The normalized spacial score (nSPS) is 14.0. The van der Waals surface area contributed by atoms with Gasteiger partial charge in [-0.3, -0.25) is 10.2 Å². The Morgan fingerprint density at radius 1 is 1.00 bits per heavy atom. The standard InChI is InChI=1S/C17H18N4O.C8H10N2.C7H12O.C4H5NO2/c1-18-15-14(12-8-4-2-5-9-12)20-17(21-16(15)22)19-13-10-6-3-7-11-13;9-8(10)6-7-4-2-1-3-5-7;8-6-7-4-2-1-3-5-7;1-5-3-4(6)7-2/h3,6-7,10-12H,2,4-5,8-9H2,(H2,19,20,21,22);1-5H,6H2,(H3,9,10);6-7H,1-5H2;3H2,2H3. The molecule has 5 N–H and O–H groups in total. The van der Waals surface area contributed by atoms with Crippen molar-refractivity contribution < 1.29 is 14.3 Å². The maximum Gasteiger partial charge on any atom is 0.386 e. The molecule has 0 aliphatic heterocycles. The second-order valence-electron chi connectivity index (χ2n) is 11.2. The largest absolute Gasteiger partial charge is 0.464 e. The molecule has 2 saturated carbocycles. The number of aldehydes is 1. The van der Waals surface area contributed by atoms with Crippen molar-refractivity contribution in [2.45, 2.75) is 76.5 Å². The summed E-state index contributed by atoms with van der Waals surface area (Å²) in [5.74, 6) is 0.769. The van der Waals surface area contributed by atoms with Crippen LogP contribution in [0.2, 0.25) is 0 Å². The molecule has 11 nitrogen and oxygen atoms in total. The summed E-state index contributed by atoms with van der Waals surface area (Å²) in [5.41, 5.74) is 7.59. The van der Waals surface area contributed by atoms with Crippen LogP contribution in [-0.4, -0.2) is 41.7 Å². The van der Waals surface area contributed by atoms with E-state index in [1.165, 1.54) is 32.8 Å². The molecule has 5 rings (SSSR count). The van der Waals surface area contributed by atoms with Gasteiger partial charge in [-0.15, -0.1) is 0 Å². The maximum atomic E-state index is 12.2. The van der Waals surface area contributed by atoms with Gasteiger partial charge < -0.3 is 30.4 Å². The van der Waals surface area contributed by atoms with E-state index in [1.54, 1.807) is 0 Å². The van der Waals surface area contributed by atoms with Crippen LogP contribution in [0.3, 0.4) is 0 Å². The third-order valence-electron chi connectivity index (χ3n) is 7.58. The van der Waals surface area contributed by atoms with Gasteiger partial charge in [-0.25, -0.2) is 21.2 Å². The number of hydrogen-bond acceptors (Lipinski definition) is 7. The van der Waals surface area contributed by atoms with Crippen LogP contribution in [0.25, 0.3) is 9.69 Å². The molecule has 1 heterocycles. The van der Waals surface area contributed by atoms with E-state index in [4.69, 9.17) is 24.3 Å². The van der Waals surface area contributed by atoms with E-state index < -0.39 is 5.97 Å². The lowest BCUT2D eigenvalue weighted by molar-refractivity contribution is -0.138. The quantitative estimate of drug-likeness (QED) is 0.0704. The molecule has 248 valence electrons. The molecule has 0 saturated heterocycles. The molecule has 1 aromatic heterocycles. The molecule has 47 heavy (non-hydrogen) atoms. The van der Waals surface area contributed by atoms with Crippen molar-refractivity contribution in [2.24, 2.45) is 11.7 Å². The number of para-hydroxylation sites is 1. The van der Waals surface area contributed by atoms with Crippen LogP contribution < -0.4 is 16.6 Å². The lowest BCUT2D eigenvalue weighted by Crippen LogP contribution is -2.16. The number of hydrogen-bond donors (Lipinski definition) is 4. The van der Waals surface area contributed by atoms with E-state index in [-0.39, 0.29) is 29.5 Å². The highest BCUT2D eigenvalue weighted by molar-refractivity contribution is 5.79. The summed E-state index contributed by atoms with van der Waals surface area (Å²) < 4.78 is 4.14. The molecule has 0 unspecified atom stereocenters. The van der Waals surface area contributed by atoms with Gasteiger partial charge in [0, 0.05) is 18.0 Å².